The van der Waals surface area contributed by atoms with Crippen LogP contribution in [0.3, 0.4) is 0 Å². The van der Waals surface area contributed by atoms with Crippen LogP contribution < -0.4 is 4.74 Å². The van der Waals surface area contributed by atoms with Gasteiger partial charge in [0.05, 0.1) is 18.1 Å². The molecule has 5 nitrogen and oxygen atoms in total. The van der Waals surface area contributed by atoms with E-state index in [9.17, 15) is 9.59 Å². The molecule has 6 heteroatoms. The Morgan fingerprint density at radius 3 is 2.59 bits per heavy atom. The highest BCUT2D eigenvalue weighted by Gasteiger charge is 2.21. The minimum Gasteiger partial charge on any atom is -0.482 e. The van der Waals surface area contributed by atoms with E-state index in [0.29, 0.717) is 23.9 Å². The Morgan fingerprint density at radius 2 is 2.00 bits per heavy atom. The third-order valence-electron chi connectivity index (χ3n) is 3.13. The summed E-state index contributed by atoms with van der Waals surface area (Å²) in [6.07, 6.45) is 0.797. The Kier molecular flexibility index (Phi) is 7.74. The number of halogens is 1. The van der Waals surface area contributed by atoms with Gasteiger partial charge in [-0.3, -0.25) is 9.59 Å². The summed E-state index contributed by atoms with van der Waals surface area (Å²) in [6.45, 7) is 4.46. The van der Waals surface area contributed by atoms with Crippen molar-refractivity contribution in [3.05, 3.63) is 29.3 Å². The van der Waals surface area contributed by atoms with Crippen molar-refractivity contribution in [3.8, 4) is 5.75 Å². The van der Waals surface area contributed by atoms with Gasteiger partial charge in [0.1, 0.15) is 5.75 Å². The summed E-state index contributed by atoms with van der Waals surface area (Å²) in [7, 11) is 1.34. The minimum atomic E-state index is -0.374. The molecule has 0 saturated carbocycles. The maximum absolute atomic E-state index is 12.3. The van der Waals surface area contributed by atoms with Gasteiger partial charge in [0.15, 0.2) is 6.61 Å². The Morgan fingerprint density at radius 1 is 1.32 bits per heavy atom. The van der Waals surface area contributed by atoms with E-state index in [1.165, 1.54) is 7.11 Å². The molecular formula is C16H22ClNO4. The molecule has 1 aromatic rings. The first kappa shape index (κ1) is 18.3. The van der Waals surface area contributed by atoms with Crippen LogP contribution in [0.25, 0.3) is 0 Å². The zero-order valence-corrected chi connectivity index (χ0v) is 13.9. The number of methoxy groups -OCH3 is 1. The van der Waals surface area contributed by atoms with Gasteiger partial charge in [-0.25, -0.2) is 0 Å². The highest BCUT2D eigenvalue weighted by Crippen LogP contribution is 2.23. The predicted octanol–water partition coefficient (Wildman–Crippen LogP) is 2.77. The van der Waals surface area contributed by atoms with Gasteiger partial charge in [-0.1, -0.05) is 37.6 Å². The van der Waals surface area contributed by atoms with Gasteiger partial charge >= 0.3 is 5.97 Å². The molecule has 22 heavy (non-hydrogen) atoms. The van der Waals surface area contributed by atoms with Crippen LogP contribution in [0.15, 0.2) is 24.3 Å². The predicted molar refractivity (Wildman–Crippen MR) is 85.0 cm³/mol. The van der Waals surface area contributed by atoms with E-state index in [-0.39, 0.29) is 24.4 Å². The van der Waals surface area contributed by atoms with Crippen LogP contribution in [0.4, 0.5) is 0 Å². The number of amides is 1. The molecule has 0 aliphatic rings. The molecule has 0 fully saturated rings. The van der Waals surface area contributed by atoms with Crippen molar-refractivity contribution in [1.29, 1.82) is 0 Å². The topological polar surface area (TPSA) is 55.8 Å². The van der Waals surface area contributed by atoms with E-state index >= 15 is 0 Å². The standard InChI is InChI=1S/C16H22ClNO4/c1-4-9-18(10-12(2)16(20)21-3)15(19)11-22-14-8-6-5-7-13(14)17/h5-8,12H,4,9-11H2,1-3H3. The molecule has 0 spiro atoms. The molecule has 0 saturated heterocycles. The van der Waals surface area contributed by atoms with E-state index in [1.54, 1.807) is 36.1 Å². The van der Waals surface area contributed by atoms with Crippen molar-refractivity contribution in [3.63, 3.8) is 0 Å². The second kappa shape index (κ2) is 9.30. The summed E-state index contributed by atoms with van der Waals surface area (Å²) in [6, 6.07) is 6.98. The van der Waals surface area contributed by atoms with Gasteiger partial charge in [0.25, 0.3) is 5.91 Å². The van der Waals surface area contributed by atoms with Crippen LogP contribution in [0.5, 0.6) is 5.75 Å². The van der Waals surface area contributed by atoms with E-state index in [0.717, 1.165) is 6.42 Å². The molecule has 0 heterocycles. The molecule has 0 N–H and O–H groups in total. The fourth-order valence-corrected chi connectivity index (χ4v) is 2.18. The van der Waals surface area contributed by atoms with Crippen LogP contribution in [0.2, 0.25) is 5.02 Å². The summed E-state index contributed by atoms with van der Waals surface area (Å²) in [4.78, 5) is 25.4. The lowest BCUT2D eigenvalue weighted by atomic mass is 10.1. The Hall–Kier alpha value is -1.75. The van der Waals surface area contributed by atoms with Crippen LogP contribution in [-0.4, -0.2) is 43.6 Å². The average Bonchev–Trinajstić information content (AvgIpc) is 2.52. The normalized spacial score (nSPS) is 11.6. The van der Waals surface area contributed by atoms with E-state index in [1.807, 2.05) is 6.92 Å². The average molecular weight is 328 g/mol. The summed E-state index contributed by atoms with van der Waals surface area (Å²) < 4.78 is 10.1. The fraction of sp³-hybridized carbons (Fsp3) is 0.500. The lowest BCUT2D eigenvalue weighted by molar-refractivity contribution is -0.146. The van der Waals surface area contributed by atoms with Crippen LogP contribution in [-0.2, 0) is 14.3 Å². The molecule has 122 valence electrons. The Balaban J connectivity index is 2.61. The second-order valence-corrected chi connectivity index (χ2v) is 5.39. The van der Waals surface area contributed by atoms with Crippen molar-refractivity contribution in [2.24, 2.45) is 5.92 Å². The van der Waals surface area contributed by atoms with Crippen molar-refractivity contribution < 1.29 is 19.1 Å². The zero-order chi connectivity index (χ0) is 16.5. The number of carbonyl (C=O) groups excluding carboxylic acids is 2. The number of hydrogen-bond acceptors (Lipinski definition) is 4. The van der Waals surface area contributed by atoms with Crippen molar-refractivity contribution in [2.75, 3.05) is 26.8 Å². The van der Waals surface area contributed by atoms with E-state index in [2.05, 4.69) is 0 Å². The third-order valence-corrected chi connectivity index (χ3v) is 3.44. The number of ether oxygens (including phenoxy) is 2. The fourth-order valence-electron chi connectivity index (χ4n) is 1.99. The summed E-state index contributed by atoms with van der Waals surface area (Å²) >= 11 is 5.98. The first-order chi connectivity index (χ1) is 10.5. The highest BCUT2D eigenvalue weighted by atomic mass is 35.5. The molecule has 1 amide bonds. The molecule has 0 aliphatic carbocycles. The number of benzene rings is 1. The molecule has 0 aromatic heterocycles. The summed E-state index contributed by atoms with van der Waals surface area (Å²) in [5, 5.41) is 0.459. The third kappa shape index (κ3) is 5.56. The molecule has 0 radical (unpaired) electrons. The molecule has 0 bridgehead atoms. The zero-order valence-electron chi connectivity index (χ0n) is 13.2. The Bertz CT molecular complexity index is 507. The van der Waals surface area contributed by atoms with Gasteiger partial charge in [0, 0.05) is 13.1 Å². The van der Waals surface area contributed by atoms with Gasteiger partial charge in [-0.2, -0.15) is 0 Å². The van der Waals surface area contributed by atoms with Gasteiger partial charge in [0.2, 0.25) is 0 Å². The molecule has 1 atom stereocenters. The van der Waals surface area contributed by atoms with Gasteiger partial charge in [-0.15, -0.1) is 0 Å². The summed E-state index contributed by atoms with van der Waals surface area (Å²) in [5.74, 6) is -0.422. The SMILES string of the molecule is CCCN(CC(C)C(=O)OC)C(=O)COc1ccccc1Cl. The maximum atomic E-state index is 12.3. The van der Waals surface area contributed by atoms with E-state index in [4.69, 9.17) is 21.1 Å². The maximum Gasteiger partial charge on any atom is 0.310 e. The number of nitrogens with zero attached hydrogens (tertiary/aromatic N) is 1. The first-order valence-corrected chi connectivity index (χ1v) is 7.60. The van der Waals surface area contributed by atoms with Crippen molar-refractivity contribution in [2.45, 2.75) is 20.3 Å². The second-order valence-electron chi connectivity index (χ2n) is 4.98. The molecule has 1 aromatic carbocycles. The lowest BCUT2D eigenvalue weighted by Crippen LogP contribution is -2.40. The lowest BCUT2D eigenvalue weighted by Gasteiger charge is -2.24. The minimum absolute atomic E-state index is 0.113. The summed E-state index contributed by atoms with van der Waals surface area (Å²) in [5.41, 5.74) is 0. The van der Waals surface area contributed by atoms with Crippen LogP contribution >= 0.6 is 11.6 Å². The smallest absolute Gasteiger partial charge is 0.310 e. The number of carbonyl (C=O) groups is 2. The van der Waals surface area contributed by atoms with Crippen LogP contribution in [0, 0.1) is 5.92 Å². The van der Waals surface area contributed by atoms with Gasteiger partial charge in [-0.05, 0) is 18.6 Å². The van der Waals surface area contributed by atoms with Crippen LogP contribution in [0.1, 0.15) is 20.3 Å². The van der Waals surface area contributed by atoms with E-state index < -0.39 is 0 Å². The highest BCUT2D eigenvalue weighted by molar-refractivity contribution is 6.32. The number of para-hydroxylation sites is 1. The van der Waals surface area contributed by atoms with Crippen molar-refractivity contribution >= 4 is 23.5 Å². The largest absolute Gasteiger partial charge is 0.482 e. The molecule has 1 rings (SSSR count). The van der Waals surface area contributed by atoms with Gasteiger partial charge < -0.3 is 14.4 Å². The molecule has 1 unspecified atom stereocenters. The number of esters is 1. The monoisotopic (exact) mass is 327 g/mol. The quantitative estimate of drug-likeness (QED) is 0.689. The first-order valence-electron chi connectivity index (χ1n) is 7.22. The number of rotatable bonds is 8. The van der Waals surface area contributed by atoms with Crippen molar-refractivity contribution in [1.82, 2.24) is 4.90 Å². The number of hydrogen-bond donors (Lipinski definition) is 0. The molecule has 0 aliphatic heterocycles. The molecular weight excluding hydrogens is 306 g/mol. The Labute approximate surface area is 136 Å².